The Hall–Kier alpha value is -3.51. The molecule has 0 unspecified atom stereocenters. The second-order valence-electron chi connectivity index (χ2n) is 10.9. The molecule has 3 aromatic carbocycles. The summed E-state index contributed by atoms with van der Waals surface area (Å²) in [6, 6.07) is 24.3. The monoisotopic (exact) mass is 489 g/mol. The fourth-order valence-electron chi connectivity index (χ4n) is 4.56. The minimum atomic E-state index is -0.537. The van der Waals surface area contributed by atoms with E-state index in [4.69, 9.17) is 14.2 Å². The number of alkyl carbamates (subject to hydrolysis) is 1. The molecular weight excluding hydrogens is 452 g/mol. The van der Waals surface area contributed by atoms with E-state index in [-0.39, 0.29) is 12.1 Å². The highest BCUT2D eigenvalue weighted by Gasteiger charge is 2.36. The Balaban J connectivity index is 1.59. The summed E-state index contributed by atoms with van der Waals surface area (Å²) in [7, 11) is 4.29. The van der Waals surface area contributed by atoms with Gasteiger partial charge in [-0.15, -0.1) is 0 Å². The lowest BCUT2D eigenvalue weighted by molar-refractivity contribution is 0.0494. The fourth-order valence-corrected chi connectivity index (χ4v) is 4.56. The van der Waals surface area contributed by atoms with Gasteiger partial charge in [-0.25, -0.2) is 4.79 Å². The minimum Gasteiger partial charge on any atom is -0.485 e. The Morgan fingerprint density at radius 2 is 1.42 bits per heavy atom. The first-order chi connectivity index (χ1) is 17.1. The molecule has 0 spiro atoms. The van der Waals surface area contributed by atoms with E-state index >= 15 is 0 Å². The molecule has 1 aliphatic rings. The van der Waals surface area contributed by atoms with Gasteiger partial charge >= 0.3 is 6.09 Å². The Morgan fingerprint density at radius 1 is 0.889 bits per heavy atom. The largest absolute Gasteiger partial charge is 0.485 e. The van der Waals surface area contributed by atoms with Crippen molar-refractivity contribution in [1.29, 1.82) is 0 Å². The van der Waals surface area contributed by atoms with Crippen molar-refractivity contribution in [2.24, 2.45) is 0 Å². The number of nitrogens with one attached hydrogen (secondary N) is 1. The predicted molar refractivity (Wildman–Crippen MR) is 143 cm³/mol. The minimum absolute atomic E-state index is 0.0552. The van der Waals surface area contributed by atoms with Gasteiger partial charge in [-0.3, -0.25) is 4.48 Å². The number of carbonyl (C=O) groups is 1. The van der Waals surface area contributed by atoms with Gasteiger partial charge < -0.3 is 19.5 Å². The number of amides is 1. The highest BCUT2D eigenvalue weighted by atomic mass is 16.6. The summed E-state index contributed by atoms with van der Waals surface area (Å²) in [5.74, 6) is 1.42. The lowest BCUT2D eigenvalue weighted by Crippen LogP contribution is -2.56. The van der Waals surface area contributed by atoms with Gasteiger partial charge in [0.1, 0.15) is 31.0 Å². The number of hydrogen-bond donors (Lipinski definition) is 1. The molecule has 1 N–H and O–H groups in total. The summed E-state index contributed by atoms with van der Waals surface area (Å²) in [6.07, 6.45) is 0.302. The number of carbonyl (C=O) groups excluding carboxylic acids is 1. The number of quaternary nitrogens is 1. The van der Waals surface area contributed by atoms with Gasteiger partial charge in [0.2, 0.25) is 0 Å². The van der Waals surface area contributed by atoms with E-state index in [9.17, 15) is 4.79 Å². The summed E-state index contributed by atoms with van der Waals surface area (Å²) in [4.78, 5) is 12.5. The third kappa shape index (κ3) is 6.79. The van der Waals surface area contributed by atoms with E-state index < -0.39 is 5.60 Å². The van der Waals surface area contributed by atoms with Crippen LogP contribution in [0, 0.1) is 0 Å². The van der Waals surface area contributed by atoms with Crippen molar-refractivity contribution < 1.29 is 19.0 Å². The SMILES string of the molecule is CC(C)(C)OC(=O)N[C@H]1Cc2cc(OCc3ccccc3)c(OCc3ccccc3)cc2[N+](C)(C)C1. The summed E-state index contributed by atoms with van der Waals surface area (Å²) < 4.78 is 18.7. The van der Waals surface area contributed by atoms with Crippen LogP contribution in [0.5, 0.6) is 11.5 Å². The molecule has 0 radical (unpaired) electrons. The molecule has 36 heavy (non-hydrogen) atoms. The molecule has 0 aliphatic carbocycles. The van der Waals surface area contributed by atoms with Crippen molar-refractivity contribution in [2.45, 2.75) is 52.0 Å². The summed E-state index contributed by atoms with van der Waals surface area (Å²) in [5.41, 5.74) is 3.93. The highest BCUT2D eigenvalue weighted by molar-refractivity contribution is 5.69. The van der Waals surface area contributed by atoms with Gasteiger partial charge in [-0.05, 0) is 38.0 Å². The number of likely N-dealkylation sites (N-methyl/N-ethyl adjacent to an activating group) is 1. The van der Waals surface area contributed by atoms with Gasteiger partial charge in [0.25, 0.3) is 0 Å². The smallest absolute Gasteiger partial charge is 0.408 e. The van der Waals surface area contributed by atoms with E-state index in [0.717, 1.165) is 34.7 Å². The van der Waals surface area contributed by atoms with Crippen molar-refractivity contribution in [3.63, 3.8) is 0 Å². The maximum absolute atomic E-state index is 12.5. The number of benzene rings is 3. The Labute approximate surface area is 214 Å². The second kappa shape index (κ2) is 10.6. The van der Waals surface area contributed by atoms with Crippen molar-refractivity contribution in [1.82, 2.24) is 9.80 Å². The third-order valence-corrected chi connectivity index (χ3v) is 6.14. The molecule has 0 fully saturated rings. The number of hydrogen-bond acceptors (Lipinski definition) is 4. The number of nitrogens with zero attached hydrogens (tertiary/aromatic N) is 1. The maximum atomic E-state index is 12.5. The molecule has 0 saturated heterocycles. The molecule has 1 atom stereocenters. The topological polar surface area (TPSA) is 56.8 Å². The van der Waals surface area contributed by atoms with Gasteiger partial charge in [-0.1, -0.05) is 60.7 Å². The van der Waals surface area contributed by atoms with Crippen LogP contribution in [0.3, 0.4) is 0 Å². The van der Waals surface area contributed by atoms with Crippen molar-refractivity contribution in [2.75, 3.05) is 20.6 Å². The van der Waals surface area contributed by atoms with Crippen LogP contribution in [0.25, 0.3) is 0 Å². The Morgan fingerprint density at radius 3 is 1.94 bits per heavy atom. The van der Waals surface area contributed by atoms with Crippen LogP contribution < -0.4 is 19.3 Å². The fraction of sp³-hybridized carbons (Fsp3) is 0.367. The molecule has 6 nitrogen and oxygen atoms in total. The van der Waals surface area contributed by atoms with Crippen molar-refractivity contribution in [3.8, 4) is 11.5 Å². The Bertz CT molecular complexity index is 1170. The van der Waals surface area contributed by atoms with Crippen LogP contribution in [0.4, 0.5) is 10.5 Å². The molecule has 1 amide bonds. The van der Waals surface area contributed by atoms with E-state index in [2.05, 4.69) is 43.7 Å². The normalized spacial score (nSPS) is 16.5. The lowest BCUT2D eigenvalue weighted by atomic mass is 9.95. The van der Waals surface area contributed by atoms with Crippen LogP contribution >= 0.6 is 0 Å². The van der Waals surface area contributed by atoms with Gasteiger partial charge in [-0.2, -0.15) is 0 Å². The molecule has 0 saturated carbocycles. The zero-order chi connectivity index (χ0) is 25.8. The van der Waals surface area contributed by atoms with E-state index in [1.54, 1.807) is 0 Å². The molecular formula is C30H37N2O4+. The van der Waals surface area contributed by atoms with Crippen LogP contribution in [0.1, 0.15) is 37.5 Å². The standard InChI is InChI=1S/C30H36N2O4/c1-30(2,3)36-29(33)31-25-16-24-17-27(34-20-22-12-8-6-9-13-22)28(18-26(24)32(4,5)19-25)35-21-23-14-10-7-11-15-23/h6-15,17-18,25H,16,19-21H2,1-5H3/p+1/t25-/m0/s1. The summed E-state index contributed by atoms with van der Waals surface area (Å²) >= 11 is 0. The zero-order valence-electron chi connectivity index (χ0n) is 21.9. The predicted octanol–water partition coefficient (Wildman–Crippen LogP) is 5.86. The van der Waals surface area contributed by atoms with Crippen LogP contribution in [-0.4, -0.2) is 38.4 Å². The Kier molecular flexibility index (Phi) is 7.55. The molecule has 0 bridgehead atoms. The van der Waals surface area contributed by atoms with Crippen molar-refractivity contribution in [3.05, 3.63) is 89.5 Å². The van der Waals surface area contributed by atoms with Gasteiger partial charge in [0, 0.05) is 18.1 Å². The first-order valence-electron chi connectivity index (χ1n) is 12.4. The highest BCUT2D eigenvalue weighted by Crippen LogP contribution is 2.41. The van der Waals surface area contributed by atoms with Crippen molar-refractivity contribution >= 4 is 11.8 Å². The molecule has 4 rings (SSSR count). The maximum Gasteiger partial charge on any atom is 0.408 e. The van der Waals surface area contributed by atoms with E-state index in [0.29, 0.717) is 29.9 Å². The third-order valence-electron chi connectivity index (χ3n) is 6.14. The molecule has 3 aromatic rings. The average Bonchev–Trinajstić information content (AvgIpc) is 2.81. The lowest BCUT2D eigenvalue weighted by Gasteiger charge is -2.39. The average molecular weight is 490 g/mol. The molecule has 6 heteroatoms. The van der Waals surface area contributed by atoms with Crippen LogP contribution in [-0.2, 0) is 24.4 Å². The first-order valence-corrected chi connectivity index (χ1v) is 12.4. The van der Waals surface area contributed by atoms with Crippen LogP contribution in [0.2, 0.25) is 0 Å². The van der Waals surface area contributed by atoms with E-state index in [1.165, 1.54) is 0 Å². The molecule has 1 aliphatic heterocycles. The first kappa shape index (κ1) is 25.6. The second-order valence-corrected chi connectivity index (χ2v) is 10.9. The van der Waals surface area contributed by atoms with E-state index in [1.807, 2.05) is 69.3 Å². The molecule has 1 heterocycles. The number of fused-ring (bicyclic) bond motifs is 1. The van der Waals surface area contributed by atoms with Gasteiger partial charge in [0.15, 0.2) is 11.5 Å². The zero-order valence-corrected chi connectivity index (χ0v) is 21.9. The summed E-state index contributed by atoms with van der Waals surface area (Å²) in [6.45, 7) is 7.26. The molecule has 0 aromatic heterocycles. The molecule has 190 valence electrons. The summed E-state index contributed by atoms with van der Waals surface area (Å²) in [5, 5.41) is 3.06. The quantitative estimate of drug-likeness (QED) is 0.422. The van der Waals surface area contributed by atoms with Crippen LogP contribution in [0.15, 0.2) is 72.8 Å². The van der Waals surface area contributed by atoms with Gasteiger partial charge in [0.05, 0.1) is 20.1 Å². The number of rotatable bonds is 7. The number of ether oxygens (including phenoxy) is 3.